The van der Waals surface area contributed by atoms with Crippen molar-refractivity contribution in [2.75, 3.05) is 13.7 Å². The second-order valence-electron chi connectivity index (χ2n) is 6.73. The Bertz CT molecular complexity index is 1070. The van der Waals surface area contributed by atoms with E-state index in [9.17, 15) is 14.0 Å². The van der Waals surface area contributed by atoms with Gasteiger partial charge in [0.1, 0.15) is 11.6 Å². The molecular formula is C19H18FN6O4+. The number of nitrogens with zero attached hydrogens (tertiary/aromatic N) is 6. The highest BCUT2D eigenvalue weighted by atomic mass is 19.1. The van der Waals surface area contributed by atoms with E-state index in [1.54, 1.807) is 12.1 Å². The topological polar surface area (TPSA) is 113 Å². The second kappa shape index (κ2) is 8.31. The number of carbonyl (C=O) groups excluding carboxylic acids is 2. The molecule has 3 aromatic rings. The van der Waals surface area contributed by atoms with E-state index < -0.39 is 17.9 Å². The minimum Gasteiger partial charge on any atom is -0.465 e. The van der Waals surface area contributed by atoms with Crippen LogP contribution in [0.3, 0.4) is 0 Å². The molecule has 30 heavy (non-hydrogen) atoms. The van der Waals surface area contributed by atoms with E-state index in [4.69, 9.17) is 9.47 Å². The number of aromatic nitrogens is 6. The molecule has 0 bridgehead atoms. The van der Waals surface area contributed by atoms with Crippen LogP contribution in [-0.4, -0.2) is 50.8 Å². The third-order valence-corrected chi connectivity index (χ3v) is 4.91. The summed E-state index contributed by atoms with van der Waals surface area (Å²) >= 11 is 0. The number of ether oxygens (including phenoxy) is 2. The molecule has 3 aromatic heterocycles. The Morgan fingerprint density at radius 2 is 2.10 bits per heavy atom. The summed E-state index contributed by atoms with van der Waals surface area (Å²) in [5.41, 5.74) is 0.141. The third-order valence-electron chi connectivity index (χ3n) is 4.91. The molecule has 0 amide bonds. The van der Waals surface area contributed by atoms with Gasteiger partial charge in [-0.05, 0) is 42.3 Å². The average Bonchev–Trinajstić information content (AvgIpc) is 3.32. The van der Waals surface area contributed by atoms with Crippen molar-refractivity contribution < 1.29 is 28.0 Å². The van der Waals surface area contributed by atoms with Crippen LogP contribution in [0.4, 0.5) is 4.39 Å². The summed E-state index contributed by atoms with van der Waals surface area (Å²) in [6, 6.07) is 6.27. The first-order valence-corrected chi connectivity index (χ1v) is 9.23. The normalized spacial score (nSPS) is 17.4. The molecule has 1 aliphatic carbocycles. The monoisotopic (exact) mass is 413 g/mol. The Labute approximate surface area is 170 Å². The highest BCUT2D eigenvalue weighted by Crippen LogP contribution is 2.42. The molecule has 1 aliphatic rings. The molecule has 3 heterocycles. The number of esters is 2. The highest BCUT2D eigenvalue weighted by molar-refractivity contribution is 5.92. The van der Waals surface area contributed by atoms with Crippen molar-refractivity contribution >= 4 is 11.9 Å². The zero-order valence-corrected chi connectivity index (χ0v) is 16.0. The molecule has 2 atom stereocenters. The lowest BCUT2D eigenvalue weighted by atomic mass is 10.2. The van der Waals surface area contributed by atoms with E-state index in [1.165, 1.54) is 36.4 Å². The summed E-state index contributed by atoms with van der Waals surface area (Å²) < 4.78 is 26.9. The summed E-state index contributed by atoms with van der Waals surface area (Å²) in [7, 11) is 1.31. The number of hydrogen-bond acceptors (Lipinski definition) is 8. The first kappa shape index (κ1) is 19.6. The molecule has 1 saturated carbocycles. The van der Waals surface area contributed by atoms with Gasteiger partial charge in [0.05, 0.1) is 25.1 Å². The van der Waals surface area contributed by atoms with Gasteiger partial charge in [0.25, 0.3) is 0 Å². The summed E-state index contributed by atoms with van der Waals surface area (Å²) in [6.07, 6.45) is 5.92. The molecule has 4 rings (SSSR count). The van der Waals surface area contributed by atoms with Crippen LogP contribution < -0.4 is 4.57 Å². The standard InChI is InChI=1S/C19H18FN6O4/c1-29-18(27)14-5-3-8-25(17(14)26-11-22-23-24-26)15-10-12(15)6-9-30-19(28)13-4-2-7-21-16(13)20/h2-5,7-8,11-12,15H,6,9-10H2,1H3/q+1/t12?,15-/m0/s1. The maximum Gasteiger partial charge on any atom is 0.346 e. The zero-order valence-electron chi connectivity index (χ0n) is 16.0. The van der Waals surface area contributed by atoms with Gasteiger partial charge >= 0.3 is 17.8 Å². The molecule has 1 fully saturated rings. The maximum atomic E-state index is 13.6. The fourth-order valence-electron chi connectivity index (χ4n) is 3.35. The van der Waals surface area contributed by atoms with Crippen LogP contribution in [0.5, 0.6) is 0 Å². The van der Waals surface area contributed by atoms with Gasteiger partial charge in [-0.1, -0.05) is 9.78 Å². The molecular weight excluding hydrogens is 395 g/mol. The summed E-state index contributed by atoms with van der Waals surface area (Å²) in [6.45, 7) is 0.145. The molecule has 0 aromatic carbocycles. The molecule has 154 valence electrons. The summed E-state index contributed by atoms with van der Waals surface area (Å²) in [4.78, 5) is 27.6. The number of halogens is 1. The van der Waals surface area contributed by atoms with Crippen molar-refractivity contribution in [1.29, 1.82) is 0 Å². The number of rotatable bonds is 7. The van der Waals surface area contributed by atoms with Crippen molar-refractivity contribution in [2.24, 2.45) is 5.92 Å². The van der Waals surface area contributed by atoms with E-state index in [2.05, 4.69) is 20.5 Å². The average molecular weight is 413 g/mol. The van der Waals surface area contributed by atoms with Gasteiger partial charge in [0.2, 0.25) is 12.3 Å². The Morgan fingerprint density at radius 3 is 2.83 bits per heavy atom. The number of hydrogen-bond donors (Lipinski definition) is 0. The van der Waals surface area contributed by atoms with Crippen LogP contribution in [-0.2, 0) is 9.47 Å². The van der Waals surface area contributed by atoms with Gasteiger partial charge < -0.3 is 9.47 Å². The van der Waals surface area contributed by atoms with Crippen molar-refractivity contribution in [3.63, 3.8) is 0 Å². The fraction of sp³-hybridized carbons (Fsp3) is 0.316. The van der Waals surface area contributed by atoms with Gasteiger partial charge in [-0.25, -0.2) is 19.1 Å². The molecule has 11 heteroatoms. The van der Waals surface area contributed by atoms with Crippen molar-refractivity contribution in [2.45, 2.75) is 18.9 Å². The van der Waals surface area contributed by atoms with Crippen LogP contribution in [0, 0.1) is 11.9 Å². The van der Waals surface area contributed by atoms with E-state index in [-0.39, 0.29) is 24.1 Å². The van der Waals surface area contributed by atoms with Crippen molar-refractivity contribution in [3.8, 4) is 5.82 Å². The lowest BCUT2D eigenvalue weighted by Gasteiger charge is -2.08. The molecule has 10 nitrogen and oxygen atoms in total. The van der Waals surface area contributed by atoms with Crippen LogP contribution in [0.25, 0.3) is 5.82 Å². The van der Waals surface area contributed by atoms with Crippen LogP contribution in [0.1, 0.15) is 39.6 Å². The molecule has 0 saturated heterocycles. The molecule has 1 unspecified atom stereocenters. The Morgan fingerprint density at radius 1 is 1.27 bits per heavy atom. The van der Waals surface area contributed by atoms with E-state index in [0.717, 1.165) is 6.42 Å². The Balaban J connectivity index is 1.45. The first-order chi connectivity index (χ1) is 14.6. The van der Waals surface area contributed by atoms with E-state index >= 15 is 0 Å². The maximum absolute atomic E-state index is 13.6. The highest BCUT2D eigenvalue weighted by Gasteiger charge is 2.45. The molecule has 0 radical (unpaired) electrons. The number of tetrazole rings is 1. The lowest BCUT2D eigenvalue weighted by molar-refractivity contribution is -0.698. The van der Waals surface area contributed by atoms with Gasteiger partial charge in [-0.3, -0.25) is 0 Å². The number of carbonyl (C=O) groups is 2. The van der Waals surface area contributed by atoms with Crippen molar-refractivity contribution in [1.82, 2.24) is 25.2 Å². The predicted octanol–water partition coefficient (Wildman–Crippen LogP) is 1.08. The third kappa shape index (κ3) is 3.86. The van der Waals surface area contributed by atoms with Crippen LogP contribution in [0.15, 0.2) is 43.0 Å². The van der Waals surface area contributed by atoms with Gasteiger partial charge in [-0.2, -0.15) is 4.39 Å². The van der Waals surface area contributed by atoms with E-state index in [1.807, 2.05) is 10.8 Å². The van der Waals surface area contributed by atoms with Gasteiger partial charge in [-0.15, -0.1) is 0 Å². The fourth-order valence-corrected chi connectivity index (χ4v) is 3.35. The summed E-state index contributed by atoms with van der Waals surface area (Å²) in [5.74, 6) is -1.39. The van der Waals surface area contributed by atoms with Crippen LogP contribution >= 0.6 is 0 Å². The van der Waals surface area contributed by atoms with E-state index in [0.29, 0.717) is 17.8 Å². The number of methoxy groups -OCH3 is 1. The minimum absolute atomic E-state index is 0.0719. The quantitative estimate of drug-likeness (QED) is 0.321. The zero-order chi connectivity index (χ0) is 21.1. The predicted molar refractivity (Wildman–Crippen MR) is 96.9 cm³/mol. The molecule has 0 N–H and O–H groups in total. The smallest absolute Gasteiger partial charge is 0.346 e. The van der Waals surface area contributed by atoms with Crippen molar-refractivity contribution in [3.05, 3.63) is 60.1 Å². The SMILES string of the molecule is COC(=O)c1ccc[n+]([C@H]2CC2CCOC(=O)c2cccnc2F)c1-n1cnnn1. The number of pyridine rings is 2. The van der Waals surface area contributed by atoms with Gasteiger partial charge in [0.15, 0.2) is 5.56 Å². The van der Waals surface area contributed by atoms with Gasteiger partial charge in [0, 0.05) is 12.1 Å². The lowest BCUT2D eigenvalue weighted by Crippen LogP contribution is -2.40. The minimum atomic E-state index is -0.854. The Kier molecular flexibility index (Phi) is 5.42. The second-order valence-corrected chi connectivity index (χ2v) is 6.73. The van der Waals surface area contributed by atoms with Crippen LogP contribution in [0.2, 0.25) is 0 Å². The summed E-state index contributed by atoms with van der Waals surface area (Å²) in [5, 5.41) is 11.2. The largest absolute Gasteiger partial charge is 0.465 e. The molecule has 0 spiro atoms. The first-order valence-electron chi connectivity index (χ1n) is 9.23. The Hall–Kier alpha value is -3.76. The molecule has 0 aliphatic heterocycles.